The van der Waals surface area contributed by atoms with Gasteiger partial charge in [0, 0.05) is 19.6 Å². The molecule has 118 valence electrons. The van der Waals surface area contributed by atoms with Gasteiger partial charge in [-0.15, -0.1) is 0 Å². The van der Waals surface area contributed by atoms with Gasteiger partial charge in [0.1, 0.15) is 10.7 Å². The summed E-state index contributed by atoms with van der Waals surface area (Å²) in [7, 11) is 0. The van der Waals surface area contributed by atoms with Crippen LogP contribution in [-0.2, 0) is 0 Å². The first-order valence-corrected chi connectivity index (χ1v) is 7.59. The largest absolute Gasteiger partial charge is 0.465 e. The molecule has 9 heteroatoms. The lowest BCUT2D eigenvalue weighted by molar-refractivity contribution is 0.178. The molecule has 8 nitrogen and oxygen atoms in total. The molecule has 22 heavy (non-hydrogen) atoms. The van der Waals surface area contributed by atoms with Gasteiger partial charge < -0.3 is 21.1 Å². The average Bonchev–Trinajstić information content (AvgIpc) is 2.49. The summed E-state index contributed by atoms with van der Waals surface area (Å²) < 4.78 is 0.361. The fourth-order valence-corrected chi connectivity index (χ4v) is 2.70. The lowest BCUT2D eigenvalue weighted by atomic mass is 9.80. The number of rotatable bonds is 3. The smallest absolute Gasteiger partial charge is 0.404 e. The van der Waals surface area contributed by atoms with Crippen LogP contribution < -0.4 is 16.0 Å². The molecule has 2 heterocycles. The maximum atomic E-state index is 10.6. The van der Waals surface area contributed by atoms with Gasteiger partial charge in [0.2, 0.25) is 0 Å². The van der Waals surface area contributed by atoms with Gasteiger partial charge >= 0.3 is 6.09 Å². The number of nitriles is 1. The number of nitrogen functional groups attached to an aromatic ring is 1. The standard InChI is InChI=1S/C13H17BrN6O2/c1-13(7-17-12(21)22)2-4-20(5-3-13)11-8(6-15)18-9(14)10(16)19-11/h17H,2-5,7H2,1H3,(H2,16,19)(H,21,22). The molecule has 1 fully saturated rings. The van der Waals surface area contributed by atoms with Crippen molar-refractivity contribution in [3.63, 3.8) is 0 Å². The van der Waals surface area contributed by atoms with Crippen molar-refractivity contribution in [3.8, 4) is 6.07 Å². The first kappa shape index (κ1) is 16.3. The minimum Gasteiger partial charge on any atom is -0.465 e. The number of nitrogens with zero attached hydrogens (tertiary/aromatic N) is 4. The molecule has 0 bridgehead atoms. The SMILES string of the molecule is CC1(CNC(=O)O)CCN(c2nc(N)c(Br)nc2C#N)CC1. The summed E-state index contributed by atoms with van der Waals surface area (Å²) in [5.41, 5.74) is 5.88. The summed E-state index contributed by atoms with van der Waals surface area (Å²) >= 11 is 3.17. The molecule has 1 aromatic heterocycles. The van der Waals surface area contributed by atoms with Crippen LogP contribution in [0, 0.1) is 16.7 Å². The highest BCUT2D eigenvalue weighted by molar-refractivity contribution is 9.10. The Labute approximate surface area is 136 Å². The molecular weight excluding hydrogens is 352 g/mol. The maximum absolute atomic E-state index is 10.6. The van der Waals surface area contributed by atoms with Crippen molar-refractivity contribution in [2.75, 3.05) is 30.3 Å². The third-order valence-electron chi connectivity index (χ3n) is 3.90. The summed E-state index contributed by atoms with van der Waals surface area (Å²) in [4.78, 5) is 20.9. The van der Waals surface area contributed by atoms with Crippen LogP contribution >= 0.6 is 15.9 Å². The summed E-state index contributed by atoms with van der Waals surface area (Å²) in [6.45, 7) is 3.80. The van der Waals surface area contributed by atoms with Crippen molar-refractivity contribution in [1.82, 2.24) is 15.3 Å². The number of hydrogen-bond acceptors (Lipinski definition) is 6. The third-order valence-corrected chi connectivity index (χ3v) is 4.49. The third kappa shape index (κ3) is 3.57. The Morgan fingerprint density at radius 2 is 2.18 bits per heavy atom. The van der Waals surface area contributed by atoms with E-state index in [1.807, 2.05) is 17.9 Å². The topological polar surface area (TPSA) is 128 Å². The molecule has 0 spiro atoms. The van der Waals surface area contributed by atoms with Gasteiger partial charge in [0.25, 0.3) is 0 Å². The second-order valence-electron chi connectivity index (χ2n) is 5.64. The first-order valence-electron chi connectivity index (χ1n) is 6.79. The molecule has 0 atom stereocenters. The fraction of sp³-hybridized carbons (Fsp3) is 0.538. The van der Waals surface area contributed by atoms with E-state index in [-0.39, 0.29) is 16.9 Å². The molecule has 1 amide bonds. The predicted molar refractivity (Wildman–Crippen MR) is 84.4 cm³/mol. The predicted octanol–water partition coefficient (Wildman–Crippen LogP) is 1.57. The van der Waals surface area contributed by atoms with E-state index in [1.165, 1.54) is 0 Å². The van der Waals surface area contributed by atoms with E-state index >= 15 is 0 Å². The van der Waals surface area contributed by atoms with Gasteiger partial charge in [-0.05, 0) is 34.2 Å². The van der Waals surface area contributed by atoms with Crippen LogP contribution in [0.3, 0.4) is 0 Å². The average molecular weight is 369 g/mol. The Morgan fingerprint density at radius 3 is 2.73 bits per heavy atom. The number of halogens is 1. The van der Waals surface area contributed by atoms with Crippen molar-refractivity contribution >= 4 is 33.7 Å². The number of carboxylic acid groups (broad SMARTS) is 1. The number of anilines is 2. The molecule has 1 aliphatic rings. The highest BCUT2D eigenvalue weighted by Crippen LogP contribution is 2.33. The number of carbonyl (C=O) groups is 1. The Hall–Kier alpha value is -2.08. The van der Waals surface area contributed by atoms with Crippen LogP contribution in [0.2, 0.25) is 0 Å². The van der Waals surface area contributed by atoms with Gasteiger partial charge in [0.05, 0.1) is 0 Å². The Bertz CT molecular complexity index is 622. The number of nitrogens with one attached hydrogen (secondary N) is 1. The number of piperidine rings is 1. The van der Waals surface area contributed by atoms with Gasteiger partial charge in [0.15, 0.2) is 17.3 Å². The molecule has 0 radical (unpaired) electrons. The van der Waals surface area contributed by atoms with Crippen LogP contribution in [0.4, 0.5) is 16.4 Å². The Morgan fingerprint density at radius 1 is 1.55 bits per heavy atom. The Kier molecular flexibility index (Phi) is 4.71. The maximum Gasteiger partial charge on any atom is 0.404 e. The van der Waals surface area contributed by atoms with E-state index in [9.17, 15) is 10.1 Å². The van der Waals surface area contributed by atoms with Crippen molar-refractivity contribution in [3.05, 3.63) is 10.3 Å². The van der Waals surface area contributed by atoms with Crippen molar-refractivity contribution in [2.45, 2.75) is 19.8 Å². The van der Waals surface area contributed by atoms with E-state index in [2.05, 4.69) is 31.2 Å². The summed E-state index contributed by atoms with van der Waals surface area (Å²) in [6, 6.07) is 2.03. The molecule has 1 aliphatic heterocycles. The second kappa shape index (κ2) is 6.36. The molecule has 1 saturated heterocycles. The van der Waals surface area contributed by atoms with Gasteiger partial charge in [-0.1, -0.05) is 6.92 Å². The van der Waals surface area contributed by atoms with Crippen LogP contribution in [0.15, 0.2) is 4.60 Å². The minimum atomic E-state index is -1.01. The number of hydrogen-bond donors (Lipinski definition) is 3. The van der Waals surface area contributed by atoms with E-state index in [4.69, 9.17) is 10.8 Å². The van der Waals surface area contributed by atoms with E-state index in [1.54, 1.807) is 0 Å². The van der Waals surface area contributed by atoms with Gasteiger partial charge in [-0.25, -0.2) is 14.8 Å². The first-order chi connectivity index (χ1) is 10.3. The molecular formula is C13H17BrN6O2. The molecule has 0 aliphatic carbocycles. The minimum absolute atomic E-state index is 0.101. The zero-order chi connectivity index (χ0) is 16.3. The van der Waals surface area contributed by atoms with Crippen molar-refractivity contribution < 1.29 is 9.90 Å². The summed E-state index contributed by atoms with van der Waals surface area (Å²) in [6.07, 6.45) is 0.563. The zero-order valence-electron chi connectivity index (χ0n) is 12.1. The zero-order valence-corrected chi connectivity index (χ0v) is 13.7. The molecule has 2 rings (SSSR count). The van der Waals surface area contributed by atoms with Crippen LogP contribution in [0.25, 0.3) is 0 Å². The van der Waals surface area contributed by atoms with Gasteiger partial charge in [-0.2, -0.15) is 5.26 Å². The van der Waals surface area contributed by atoms with Crippen molar-refractivity contribution in [2.24, 2.45) is 5.41 Å². The van der Waals surface area contributed by atoms with Gasteiger partial charge in [-0.3, -0.25) is 0 Å². The van der Waals surface area contributed by atoms with Crippen LogP contribution in [-0.4, -0.2) is 40.8 Å². The van der Waals surface area contributed by atoms with E-state index in [0.717, 1.165) is 12.8 Å². The quantitative estimate of drug-likeness (QED) is 0.738. The number of aromatic nitrogens is 2. The highest BCUT2D eigenvalue weighted by atomic mass is 79.9. The highest BCUT2D eigenvalue weighted by Gasteiger charge is 2.32. The second-order valence-corrected chi connectivity index (χ2v) is 6.39. The lowest BCUT2D eigenvalue weighted by Gasteiger charge is -2.39. The monoisotopic (exact) mass is 368 g/mol. The van der Waals surface area contributed by atoms with E-state index < -0.39 is 6.09 Å². The molecule has 1 aromatic rings. The van der Waals surface area contributed by atoms with Crippen LogP contribution in [0.1, 0.15) is 25.5 Å². The fourth-order valence-electron chi connectivity index (χ4n) is 2.44. The van der Waals surface area contributed by atoms with Crippen molar-refractivity contribution in [1.29, 1.82) is 5.26 Å². The summed E-state index contributed by atoms with van der Waals surface area (Å²) in [5, 5.41) is 20.4. The molecule has 0 unspecified atom stereocenters. The summed E-state index contributed by atoms with van der Waals surface area (Å²) in [5.74, 6) is 0.728. The van der Waals surface area contributed by atoms with Crippen LogP contribution in [0.5, 0.6) is 0 Å². The molecule has 0 saturated carbocycles. The Balaban J connectivity index is 2.10. The normalized spacial score (nSPS) is 16.9. The number of amides is 1. The molecule has 0 aromatic carbocycles. The molecule has 4 N–H and O–H groups in total. The number of nitrogens with two attached hydrogens (primary N) is 1. The van der Waals surface area contributed by atoms with E-state index in [0.29, 0.717) is 30.1 Å². The lowest BCUT2D eigenvalue weighted by Crippen LogP contribution is -2.45.